The van der Waals surface area contributed by atoms with Crippen molar-refractivity contribution in [3.63, 3.8) is 0 Å². The number of carbonyl (C=O) groups excluding carboxylic acids is 2. The van der Waals surface area contributed by atoms with Gasteiger partial charge in [0.15, 0.2) is 0 Å². The molecule has 10 heteroatoms. The molecule has 0 amide bonds. The Kier molecular flexibility index (Phi) is 7.52. The summed E-state index contributed by atoms with van der Waals surface area (Å²) >= 11 is 1.33. The average molecular weight is 468 g/mol. The van der Waals surface area contributed by atoms with Crippen LogP contribution in [0.15, 0.2) is 65.6 Å². The van der Waals surface area contributed by atoms with Crippen LogP contribution in [0.25, 0.3) is 0 Å². The maximum absolute atomic E-state index is 12.3. The minimum atomic E-state index is -0.866. The number of benzene rings is 3. The van der Waals surface area contributed by atoms with Crippen LogP contribution in [0.3, 0.4) is 0 Å². The highest BCUT2D eigenvalue weighted by molar-refractivity contribution is 8.00. The summed E-state index contributed by atoms with van der Waals surface area (Å²) in [4.78, 5) is 35.7. The third-order valence-electron chi connectivity index (χ3n) is 4.50. The number of anilines is 1. The van der Waals surface area contributed by atoms with Gasteiger partial charge in [-0.1, -0.05) is 17.7 Å². The first-order valence-corrected chi connectivity index (χ1v) is 10.4. The molecule has 1 N–H and O–H groups in total. The van der Waals surface area contributed by atoms with Crippen molar-refractivity contribution < 1.29 is 28.7 Å². The standard InChI is InChI=1S/C23H20N2O7S/c1-14-4-8-17(9-5-14)33-24-20-10-6-15(12-18(20)22(26)30-2)32-16-7-11-21(25(28)29)19(13-16)23(27)31-3/h4-13,24H,1-3H3. The minimum Gasteiger partial charge on any atom is -0.465 e. The van der Waals surface area contributed by atoms with E-state index in [4.69, 9.17) is 9.47 Å². The minimum absolute atomic E-state index is 0.159. The lowest BCUT2D eigenvalue weighted by atomic mass is 10.1. The molecule has 170 valence electrons. The van der Waals surface area contributed by atoms with Crippen LogP contribution in [-0.2, 0) is 9.47 Å². The molecule has 3 rings (SSSR count). The van der Waals surface area contributed by atoms with Gasteiger partial charge in [0.05, 0.1) is 30.4 Å². The monoisotopic (exact) mass is 468 g/mol. The van der Waals surface area contributed by atoms with E-state index in [0.717, 1.165) is 23.6 Å². The number of nitro groups is 1. The molecule has 0 radical (unpaired) electrons. The van der Waals surface area contributed by atoms with E-state index >= 15 is 0 Å². The van der Waals surface area contributed by atoms with Crippen molar-refractivity contribution in [3.8, 4) is 11.5 Å². The number of aryl methyl sites for hydroxylation is 1. The first-order valence-electron chi connectivity index (χ1n) is 9.59. The van der Waals surface area contributed by atoms with Gasteiger partial charge < -0.3 is 18.9 Å². The predicted octanol–water partition coefficient (Wildman–Crippen LogP) is 5.39. The zero-order chi connectivity index (χ0) is 24.0. The van der Waals surface area contributed by atoms with Gasteiger partial charge in [0.2, 0.25) is 0 Å². The topological polar surface area (TPSA) is 117 Å². The quantitative estimate of drug-likeness (QED) is 0.201. The molecule has 0 unspecified atom stereocenters. The van der Waals surface area contributed by atoms with E-state index in [2.05, 4.69) is 9.46 Å². The van der Waals surface area contributed by atoms with Gasteiger partial charge >= 0.3 is 11.9 Å². The lowest BCUT2D eigenvalue weighted by Crippen LogP contribution is -2.06. The van der Waals surface area contributed by atoms with Crippen LogP contribution in [0.5, 0.6) is 11.5 Å². The van der Waals surface area contributed by atoms with Crippen LogP contribution in [-0.4, -0.2) is 31.1 Å². The van der Waals surface area contributed by atoms with Crippen molar-refractivity contribution in [3.05, 3.63) is 87.5 Å². The van der Waals surface area contributed by atoms with Gasteiger partial charge in [-0.05, 0) is 55.3 Å². The third-order valence-corrected chi connectivity index (χ3v) is 5.33. The maximum Gasteiger partial charge on any atom is 0.345 e. The predicted molar refractivity (Wildman–Crippen MR) is 123 cm³/mol. The number of nitrogens with zero attached hydrogens (tertiary/aromatic N) is 1. The lowest BCUT2D eigenvalue weighted by Gasteiger charge is -2.13. The van der Waals surface area contributed by atoms with E-state index < -0.39 is 22.5 Å². The van der Waals surface area contributed by atoms with E-state index in [1.54, 1.807) is 12.1 Å². The number of nitrogens with one attached hydrogen (secondary N) is 1. The van der Waals surface area contributed by atoms with Crippen LogP contribution in [0.4, 0.5) is 11.4 Å². The summed E-state index contributed by atoms with van der Waals surface area (Å²) in [5.74, 6) is -1.01. The molecule has 0 bridgehead atoms. The second kappa shape index (κ2) is 10.5. The van der Waals surface area contributed by atoms with Crippen LogP contribution < -0.4 is 9.46 Å². The summed E-state index contributed by atoms with van der Waals surface area (Å²) in [6.07, 6.45) is 0. The Morgan fingerprint density at radius 2 is 1.45 bits per heavy atom. The number of esters is 2. The molecule has 0 saturated heterocycles. The van der Waals surface area contributed by atoms with E-state index in [9.17, 15) is 19.7 Å². The molecule has 0 aromatic heterocycles. The fraction of sp³-hybridized carbons (Fsp3) is 0.130. The molecule has 0 fully saturated rings. The second-order valence-corrected chi connectivity index (χ2v) is 7.63. The van der Waals surface area contributed by atoms with E-state index in [1.165, 1.54) is 37.3 Å². The smallest absolute Gasteiger partial charge is 0.345 e. The zero-order valence-corrected chi connectivity index (χ0v) is 18.8. The molecular weight excluding hydrogens is 448 g/mol. The van der Waals surface area contributed by atoms with E-state index in [-0.39, 0.29) is 22.6 Å². The second-order valence-electron chi connectivity index (χ2n) is 6.75. The number of carbonyl (C=O) groups is 2. The lowest BCUT2D eigenvalue weighted by molar-refractivity contribution is -0.385. The zero-order valence-electron chi connectivity index (χ0n) is 18.0. The van der Waals surface area contributed by atoms with Crippen LogP contribution in [0.2, 0.25) is 0 Å². The third kappa shape index (κ3) is 5.80. The molecule has 0 atom stereocenters. The van der Waals surface area contributed by atoms with Gasteiger partial charge in [0.1, 0.15) is 17.1 Å². The van der Waals surface area contributed by atoms with E-state index in [1.807, 2.05) is 31.2 Å². The van der Waals surface area contributed by atoms with Gasteiger partial charge in [-0.3, -0.25) is 10.1 Å². The number of rotatable bonds is 8. The number of nitro benzene ring substituents is 1. The van der Waals surface area contributed by atoms with Gasteiger partial charge in [-0.2, -0.15) is 0 Å². The van der Waals surface area contributed by atoms with Crippen molar-refractivity contribution in [2.75, 3.05) is 18.9 Å². The first kappa shape index (κ1) is 23.6. The molecule has 0 aliphatic rings. The SMILES string of the molecule is COC(=O)c1cc(Oc2ccc([N+](=O)[O-])c(C(=O)OC)c2)ccc1NSc1ccc(C)cc1. The number of hydrogen-bond donors (Lipinski definition) is 1. The largest absolute Gasteiger partial charge is 0.465 e. The fourth-order valence-corrected chi connectivity index (χ4v) is 3.50. The summed E-state index contributed by atoms with van der Waals surface area (Å²) in [5, 5.41) is 11.2. The number of ether oxygens (including phenoxy) is 3. The Morgan fingerprint density at radius 1 is 0.879 bits per heavy atom. The first-order chi connectivity index (χ1) is 15.8. The molecule has 0 saturated carbocycles. The van der Waals surface area contributed by atoms with Crippen molar-refractivity contribution in [1.29, 1.82) is 0 Å². The molecule has 3 aromatic rings. The number of hydrogen-bond acceptors (Lipinski definition) is 9. The van der Waals surface area contributed by atoms with Gasteiger partial charge in [-0.15, -0.1) is 0 Å². The molecule has 33 heavy (non-hydrogen) atoms. The Bertz CT molecular complexity index is 1200. The highest BCUT2D eigenvalue weighted by atomic mass is 32.2. The summed E-state index contributed by atoms with van der Waals surface area (Å²) in [5.41, 5.74) is 1.22. The fourth-order valence-electron chi connectivity index (χ4n) is 2.82. The summed E-state index contributed by atoms with van der Waals surface area (Å²) in [6.45, 7) is 2.00. The van der Waals surface area contributed by atoms with Crippen LogP contribution in [0, 0.1) is 17.0 Å². The van der Waals surface area contributed by atoms with E-state index in [0.29, 0.717) is 5.69 Å². The molecule has 0 spiro atoms. The summed E-state index contributed by atoms with van der Waals surface area (Å²) in [7, 11) is 2.40. The van der Waals surface area contributed by atoms with Crippen molar-refractivity contribution in [1.82, 2.24) is 0 Å². The highest BCUT2D eigenvalue weighted by Crippen LogP contribution is 2.32. The Morgan fingerprint density at radius 3 is 2.06 bits per heavy atom. The van der Waals surface area contributed by atoms with Gasteiger partial charge in [0, 0.05) is 17.0 Å². The Balaban J connectivity index is 1.86. The number of methoxy groups -OCH3 is 2. The van der Waals surface area contributed by atoms with Gasteiger partial charge in [0.25, 0.3) is 5.69 Å². The van der Waals surface area contributed by atoms with Crippen LogP contribution >= 0.6 is 11.9 Å². The Hall–Kier alpha value is -4.05. The molecule has 3 aromatic carbocycles. The normalized spacial score (nSPS) is 10.3. The summed E-state index contributed by atoms with van der Waals surface area (Å²) < 4.78 is 18.4. The summed E-state index contributed by atoms with van der Waals surface area (Å²) in [6, 6.07) is 16.3. The van der Waals surface area contributed by atoms with Crippen molar-refractivity contribution >= 4 is 35.3 Å². The molecule has 9 nitrogen and oxygen atoms in total. The Labute approximate surface area is 193 Å². The molecule has 0 heterocycles. The highest BCUT2D eigenvalue weighted by Gasteiger charge is 2.22. The maximum atomic E-state index is 12.3. The molecular formula is C23H20N2O7S. The van der Waals surface area contributed by atoms with Crippen molar-refractivity contribution in [2.45, 2.75) is 11.8 Å². The van der Waals surface area contributed by atoms with Crippen LogP contribution in [0.1, 0.15) is 26.3 Å². The van der Waals surface area contributed by atoms with Gasteiger partial charge in [-0.25, -0.2) is 9.59 Å². The molecule has 0 aliphatic heterocycles. The molecule has 0 aliphatic carbocycles. The van der Waals surface area contributed by atoms with Crippen molar-refractivity contribution in [2.24, 2.45) is 0 Å². The average Bonchev–Trinajstić information content (AvgIpc) is 2.82.